The minimum absolute atomic E-state index is 0.0600. The third-order valence-electron chi connectivity index (χ3n) is 4.96. The van der Waals surface area contributed by atoms with Crippen LogP contribution in [0.2, 0.25) is 0 Å². The number of amides is 2. The Labute approximate surface area is 145 Å². The van der Waals surface area contributed by atoms with Crippen LogP contribution in [0.5, 0.6) is 0 Å². The summed E-state index contributed by atoms with van der Waals surface area (Å²) in [6.45, 7) is 13.4. The summed E-state index contributed by atoms with van der Waals surface area (Å²) in [5.74, 6) is 0.735. The van der Waals surface area contributed by atoms with E-state index in [9.17, 15) is 4.79 Å². The standard InChI is InChI=1S/C17H32N6O/c1-6-14(2)23-15(7-8-19-23)20-16(24)18-13-17(3,4)22-11-9-21(5)10-12-22/h7-8,14H,6,9-13H2,1-5H3,(H2,18,20,24). The first kappa shape index (κ1) is 18.7. The Bertz CT molecular complexity index is 533. The van der Waals surface area contributed by atoms with Crippen LogP contribution in [0.4, 0.5) is 10.6 Å². The van der Waals surface area contributed by atoms with Crippen molar-refractivity contribution in [1.29, 1.82) is 0 Å². The van der Waals surface area contributed by atoms with Crippen LogP contribution in [0.1, 0.15) is 40.2 Å². The number of anilines is 1. The lowest BCUT2D eigenvalue weighted by Crippen LogP contribution is -2.58. The van der Waals surface area contributed by atoms with E-state index in [1.54, 1.807) is 6.20 Å². The van der Waals surface area contributed by atoms with Crippen LogP contribution in [-0.2, 0) is 0 Å². The summed E-state index contributed by atoms with van der Waals surface area (Å²) in [7, 11) is 2.15. The normalized spacial score (nSPS) is 18.4. The molecule has 1 unspecified atom stereocenters. The number of aromatic nitrogens is 2. The molecule has 0 aromatic carbocycles. The first-order valence-corrected chi connectivity index (χ1v) is 8.85. The van der Waals surface area contributed by atoms with E-state index >= 15 is 0 Å². The monoisotopic (exact) mass is 336 g/mol. The van der Waals surface area contributed by atoms with E-state index in [1.807, 2.05) is 10.7 Å². The van der Waals surface area contributed by atoms with Crippen molar-refractivity contribution in [3.8, 4) is 0 Å². The molecule has 136 valence electrons. The number of piperazine rings is 1. The highest BCUT2D eigenvalue weighted by molar-refractivity contribution is 5.88. The lowest BCUT2D eigenvalue weighted by atomic mass is 10.0. The third kappa shape index (κ3) is 4.70. The highest BCUT2D eigenvalue weighted by Crippen LogP contribution is 2.17. The Balaban J connectivity index is 1.85. The molecule has 2 N–H and O–H groups in total. The molecule has 1 saturated heterocycles. The molecule has 24 heavy (non-hydrogen) atoms. The van der Waals surface area contributed by atoms with Crippen LogP contribution in [0.25, 0.3) is 0 Å². The summed E-state index contributed by atoms with van der Waals surface area (Å²) in [4.78, 5) is 17.0. The lowest BCUT2D eigenvalue weighted by Gasteiger charge is -2.43. The van der Waals surface area contributed by atoms with E-state index in [1.165, 1.54) is 0 Å². The van der Waals surface area contributed by atoms with Crippen LogP contribution in [0.15, 0.2) is 12.3 Å². The van der Waals surface area contributed by atoms with Gasteiger partial charge in [0, 0.05) is 44.3 Å². The molecule has 2 amide bonds. The predicted octanol–water partition coefficient (Wildman–Crippen LogP) is 2.00. The average Bonchev–Trinajstić information content (AvgIpc) is 3.01. The molecule has 7 nitrogen and oxygen atoms in total. The zero-order valence-electron chi connectivity index (χ0n) is 15.7. The predicted molar refractivity (Wildman–Crippen MR) is 97.4 cm³/mol. The van der Waals surface area contributed by atoms with Gasteiger partial charge in [-0.3, -0.25) is 10.2 Å². The van der Waals surface area contributed by atoms with Crippen LogP contribution in [-0.4, -0.2) is 70.9 Å². The fourth-order valence-electron chi connectivity index (χ4n) is 2.92. The molecule has 1 aromatic heterocycles. The number of carbonyl (C=O) groups is 1. The number of hydrogen-bond donors (Lipinski definition) is 2. The largest absolute Gasteiger partial charge is 0.336 e. The van der Waals surface area contributed by atoms with Crippen molar-refractivity contribution >= 4 is 11.8 Å². The van der Waals surface area contributed by atoms with Gasteiger partial charge in [-0.25, -0.2) is 9.48 Å². The Hall–Kier alpha value is -1.60. The number of rotatable bonds is 6. The summed E-state index contributed by atoms with van der Waals surface area (Å²) < 4.78 is 1.85. The molecule has 1 aliphatic heterocycles. The first-order valence-electron chi connectivity index (χ1n) is 8.85. The van der Waals surface area contributed by atoms with Gasteiger partial charge in [-0.1, -0.05) is 6.92 Å². The lowest BCUT2D eigenvalue weighted by molar-refractivity contribution is 0.0636. The third-order valence-corrected chi connectivity index (χ3v) is 4.96. The minimum atomic E-state index is -0.178. The van der Waals surface area contributed by atoms with Gasteiger partial charge in [-0.2, -0.15) is 5.10 Å². The van der Waals surface area contributed by atoms with E-state index in [-0.39, 0.29) is 17.6 Å². The number of likely N-dealkylation sites (N-methyl/N-ethyl adjacent to an activating group) is 1. The molecule has 0 aliphatic carbocycles. The van der Waals surface area contributed by atoms with E-state index in [0.717, 1.165) is 38.4 Å². The van der Waals surface area contributed by atoms with E-state index in [2.05, 4.69) is 60.3 Å². The summed E-state index contributed by atoms with van der Waals surface area (Å²) >= 11 is 0. The number of nitrogens with zero attached hydrogens (tertiary/aromatic N) is 4. The maximum Gasteiger partial charge on any atom is 0.320 e. The van der Waals surface area contributed by atoms with Gasteiger partial charge in [0.2, 0.25) is 0 Å². The van der Waals surface area contributed by atoms with Gasteiger partial charge >= 0.3 is 6.03 Å². The summed E-state index contributed by atoms with van der Waals surface area (Å²) in [6, 6.07) is 1.91. The number of carbonyl (C=O) groups excluding carboxylic acids is 1. The van der Waals surface area contributed by atoms with Crippen molar-refractivity contribution in [3.63, 3.8) is 0 Å². The minimum Gasteiger partial charge on any atom is -0.336 e. The Morgan fingerprint density at radius 1 is 1.33 bits per heavy atom. The van der Waals surface area contributed by atoms with Crippen LogP contribution in [0.3, 0.4) is 0 Å². The molecule has 2 rings (SSSR count). The first-order chi connectivity index (χ1) is 11.3. The molecule has 1 atom stereocenters. The maximum atomic E-state index is 12.3. The van der Waals surface area contributed by atoms with Crippen molar-refractivity contribution in [2.45, 2.75) is 45.7 Å². The summed E-state index contributed by atoms with van der Waals surface area (Å²) in [6.07, 6.45) is 2.68. The van der Waals surface area contributed by atoms with Gasteiger partial charge in [-0.15, -0.1) is 0 Å². The van der Waals surface area contributed by atoms with Gasteiger partial charge in [0.25, 0.3) is 0 Å². The van der Waals surface area contributed by atoms with E-state index < -0.39 is 0 Å². The molecular formula is C17H32N6O. The highest BCUT2D eigenvalue weighted by Gasteiger charge is 2.29. The summed E-state index contributed by atoms with van der Waals surface area (Å²) in [5, 5.41) is 10.2. The molecule has 1 aromatic rings. The molecule has 0 radical (unpaired) electrons. The van der Waals surface area contributed by atoms with Crippen LogP contribution >= 0.6 is 0 Å². The van der Waals surface area contributed by atoms with Crippen molar-refractivity contribution < 1.29 is 4.79 Å². The van der Waals surface area contributed by atoms with Crippen LogP contribution in [0, 0.1) is 0 Å². The summed E-state index contributed by atoms with van der Waals surface area (Å²) in [5.41, 5.74) is -0.0600. The average molecular weight is 336 g/mol. The van der Waals surface area contributed by atoms with E-state index in [4.69, 9.17) is 0 Å². The van der Waals surface area contributed by atoms with Crippen molar-refractivity contribution in [1.82, 2.24) is 24.9 Å². The molecule has 7 heteroatoms. The smallest absolute Gasteiger partial charge is 0.320 e. The topological polar surface area (TPSA) is 65.4 Å². The van der Waals surface area contributed by atoms with Gasteiger partial charge in [0.1, 0.15) is 5.82 Å². The quantitative estimate of drug-likeness (QED) is 0.834. The molecular weight excluding hydrogens is 304 g/mol. The second-order valence-electron chi connectivity index (χ2n) is 7.33. The Morgan fingerprint density at radius 3 is 2.62 bits per heavy atom. The van der Waals surface area contributed by atoms with Crippen LogP contribution < -0.4 is 10.6 Å². The SMILES string of the molecule is CCC(C)n1nccc1NC(=O)NCC(C)(C)N1CCN(C)CC1. The Morgan fingerprint density at radius 2 is 2.00 bits per heavy atom. The number of urea groups is 1. The maximum absolute atomic E-state index is 12.3. The fraction of sp³-hybridized carbons (Fsp3) is 0.765. The zero-order valence-corrected chi connectivity index (χ0v) is 15.7. The molecule has 0 spiro atoms. The molecule has 0 bridgehead atoms. The molecule has 0 saturated carbocycles. The second kappa shape index (κ2) is 7.98. The van der Waals surface area contributed by atoms with E-state index in [0.29, 0.717) is 6.54 Å². The van der Waals surface area contributed by atoms with Crippen molar-refractivity contribution in [2.24, 2.45) is 0 Å². The Kier molecular flexibility index (Phi) is 6.23. The van der Waals surface area contributed by atoms with Gasteiger partial charge < -0.3 is 10.2 Å². The molecule has 2 heterocycles. The highest BCUT2D eigenvalue weighted by atomic mass is 16.2. The number of nitrogens with one attached hydrogen (secondary N) is 2. The van der Waals surface area contributed by atoms with Crippen molar-refractivity contribution in [3.05, 3.63) is 12.3 Å². The van der Waals surface area contributed by atoms with Crippen molar-refractivity contribution in [2.75, 3.05) is 45.1 Å². The number of hydrogen-bond acceptors (Lipinski definition) is 4. The van der Waals surface area contributed by atoms with Gasteiger partial charge in [0.15, 0.2) is 0 Å². The fourth-order valence-corrected chi connectivity index (χ4v) is 2.92. The molecule has 1 aliphatic rings. The zero-order chi connectivity index (χ0) is 17.7. The van der Waals surface area contributed by atoms with Gasteiger partial charge in [-0.05, 0) is 34.2 Å². The molecule has 1 fully saturated rings. The van der Waals surface area contributed by atoms with Gasteiger partial charge in [0.05, 0.1) is 12.2 Å². The second-order valence-corrected chi connectivity index (χ2v) is 7.33.